The van der Waals surface area contributed by atoms with Crippen molar-refractivity contribution in [2.75, 3.05) is 20.2 Å². The van der Waals surface area contributed by atoms with E-state index < -0.39 is 127 Å². The topological polar surface area (TPSA) is 319 Å². The molecule has 0 aromatic carbocycles. The van der Waals surface area contributed by atoms with Crippen molar-refractivity contribution in [2.45, 2.75) is 116 Å². The van der Waals surface area contributed by atoms with Crippen LogP contribution >= 0.6 is 0 Å². The summed E-state index contributed by atoms with van der Waals surface area (Å²) >= 11 is 0. The Labute approximate surface area is 332 Å². The molecule has 0 spiro atoms. The molecule has 0 aliphatic carbocycles. The number of esters is 1. The molecule has 20 heteroatoms. The summed E-state index contributed by atoms with van der Waals surface area (Å²) in [7, 11) is 1.27. The van der Waals surface area contributed by atoms with E-state index >= 15 is 0 Å². The van der Waals surface area contributed by atoms with E-state index in [4.69, 9.17) is 20.9 Å². The number of allylic oxidation sites excluding steroid dienone is 2. The van der Waals surface area contributed by atoms with Crippen molar-refractivity contribution < 1.29 is 63.1 Å². The van der Waals surface area contributed by atoms with Crippen LogP contribution in [0.1, 0.15) is 67.7 Å². The van der Waals surface area contributed by atoms with Gasteiger partial charge in [-0.25, -0.2) is 9.59 Å². The number of aliphatic hydroxyl groups excluding tert-OH is 3. The van der Waals surface area contributed by atoms with E-state index in [1.165, 1.54) is 26.1 Å². The molecule has 7 amide bonds. The van der Waals surface area contributed by atoms with Crippen molar-refractivity contribution in [3.05, 3.63) is 24.3 Å². The Morgan fingerprint density at radius 2 is 1.54 bits per heavy atom. The van der Waals surface area contributed by atoms with Gasteiger partial charge in [0.2, 0.25) is 29.5 Å². The maximum Gasteiger partial charge on any atom is 0.404 e. The number of ether oxygens (including phenoxy) is 2. The molecular formula is C37H61N7O13. The van der Waals surface area contributed by atoms with Crippen molar-refractivity contribution in [1.82, 2.24) is 26.2 Å². The summed E-state index contributed by atoms with van der Waals surface area (Å²) in [6.07, 6.45) is 0.332. The third kappa shape index (κ3) is 15.4. The molecule has 1 aliphatic rings. The van der Waals surface area contributed by atoms with E-state index in [9.17, 15) is 53.7 Å². The van der Waals surface area contributed by atoms with Crippen LogP contribution < -0.4 is 32.7 Å². The Morgan fingerprint density at radius 1 is 0.947 bits per heavy atom. The molecule has 322 valence electrons. The number of cyclic esters (lactones) is 1. The minimum Gasteiger partial charge on any atom is -0.460 e. The molecular weight excluding hydrogens is 750 g/mol. The van der Waals surface area contributed by atoms with Gasteiger partial charge in [0.25, 0.3) is 5.91 Å². The summed E-state index contributed by atoms with van der Waals surface area (Å²) in [5.74, 6) is -10.1. The lowest BCUT2D eigenvalue weighted by molar-refractivity contribution is -0.169. The number of carbonyl (C=O) groups is 8. The highest BCUT2D eigenvalue weighted by molar-refractivity contribution is 5.98. The SMILES string of the molecule is CCC[C@@H](C)[C@@H]1OC(=O)[C@H](C(C)C)N(C)C(=O)[C@H](CO)NC(=O)[C@H]([C@H](C)C(N)=O)NC(=O)[C@@H](C(C)OC(N)=O)NC(=O)[C@H](O)CNC(=O)/C=C/C=C/C[C@H](O)[C@H]1C. The number of nitrogens with one attached hydrogen (secondary N) is 4. The smallest absolute Gasteiger partial charge is 0.404 e. The largest absolute Gasteiger partial charge is 0.460 e. The quantitative estimate of drug-likeness (QED) is 0.112. The zero-order chi connectivity index (χ0) is 43.7. The number of likely N-dealkylation sites (N-methyl/N-ethyl adjacent to an activating group) is 1. The Kier molecular flexibility index (Phi) is 20.9. The van der Waals surface area contributed by atoms with E-state index in [2.05, 4.69) is 21.3 Å². The van der Waals surface area contributed by atoms with E-state index in [0.29, 0.717) is 6.42 Å². The normalized spacial score (nSPS) is 29.7. The molecule has 1 heterocycles. The van der Waals surface area contributed by atoms with Crippen LogP contribution in [0, 0.1) is 23.7 Å². The molecule has 20 nitrogen and oxygen atoms in total. The zero-order valence-corrected chi connectivity index (χ0v) is 33.8. The average molecular weight is 812 g/mol. The summed E-state index contributed by atoms with van der Waals surface area (Å²) in [4.78, 5) is 105. The van der Waals surface area contributed by atoms with Gasteiger partial charge >= 0.3 is 12.1 Å². The number of amides is 7. The summed E-state index contributed by atoms with van der Waals surface area (Å²) in [6.45, 7) is 9.51. The summed E-state index contributed by atoms with van der Waals surface area (Å²) in [5, 5.41) is 40.8. The van der Waals surface area contributed by atoms with Gasteiger partial charge in [0.1, 0.15) is 42.5 Å². The zero-order valence-electron chi connectivity index (χ0n) is 33.8. The number of carbonyl (C=O) groups excluding carboxylic acids is 8. The highest BCUT2D eigenvalue weighted by atomic mass is 16.6. The standard InChI is InChI=1S/C37H61N7O13/c1-9-13-19(4)30-20(5)24(46)14-11-10-12-15-26(48)40-16-25(47)32(50)43-28(22(7)56-37(39)55)34(52)42-27(21(6)31(38)49)33(51)41-23(17-45)35(53)44(8)29(18(2)3)36(54)57-30/h10-12,15,18-25,27-30,45-47H,9,13-14,16-17H2,1-8H3,(H2,38,49)(H2,39,55)(H,40,48)(H,41,51)(H,42,52)(H,43,50)/b11-10+,15-12+/t19-,20-,21+,22?,23+,24+,25-,27+,28-,29+,30+/m1/s1. The third-order valence-corrected chi connectivity index (χ3v) is 9.64. The highest BCUT2D eigenvalue weighted by Crippen LogP contribution is 2.27. The van der Waals surface area contributed by atoms with Crippen LogP contribution in [0.5, 0.6) is 0 Å². The lowest BCUT2D eigenvalue weighted by atomic mass is 9.85. The Hall–Kier alpha value is -5.08. The van der Waals surface area contributed by atoms with Crippen molar-refractivity contribution in [2.24, 2.45) is 35.1 Å². The van der Waals surface area contributed by atoms with Crippen LogP contribution in [0.3, 0.4) is 0 Å². The van der Waals surface area contributed by atoms with Gasteiger partial charge in [-0.1, -0.05) is 66.2 Å². The first-order valence-electron chi connectivity index (χ1n) is 18.8. The predicted octanol–water partition coefficient (Wildman–Crippen LogP) is -2.14. The van der Waals surface area contributed by atoms with Gasteiger partial charge in [0.15, 0.2) is 0 Å². The van der Waals surface area contributed by atoms with Crippen LogP contribution in [0.25, 0.3) is 0 Å². The van der Waals surface area contributed by atoms with Gasteiger partial charge in [0.05, 0.1) is 25.2 Å². The van der Waals surface area contributed by atoms with Gasteiger partial charge in [0, 0.05) is 19.0 Å². The van der Waals surface area contributed by atoms with Crippen LogP contribution in [0.2, 0.25) is 0 Å². The molecule has 1 rings (SSSR count). The molecule has 0 saturated carbocycles. The van der Waals surface area contributed by atoms with Crippen LogP contribution in [0.15, 0.2) is 24.3 Å². The molecule has 0 fully saturated rings. The van der Waals surface area contributed by atoms with Gasteiger partial charge in [-0.2, -0.15) is 0 Å². The second-order valence-electron chi connectivity index (χ2n) is 14.6. The fraction of sp³-hybridized carbons (Fsp3) is 0.676. The number of nitrogens with zero attached hydrogens (tertiary/aromatic N) is 1. The second kappa shape index (κ2) is 23.9. The summed E-state index contributed by atoms with van der Waals surface area (Å²) in [6, 6.07) is -6.71. The number of rotatable bonds is 9. The Bertz CT molecular complexity index is 1490. The number of aliphatic hydroxyl groups is 3. The molecule has 0 bridgehead atoms. The number of β-amino-alcohol motifs (C(OH)–C–C–N with tert-alkyl or cyclic N) is 1. The molecule has 0 radical (unpaired) electrons. The monoisotopic (exact) mass is 811 g/mol. The number of nitrogens with two attached hydrogens (primary N) is 2. The fourth-order valence-electron chi connectivity index (χ4n) is 6.22. The Balaban J connectivity index is 3.78. The maximum absolute atomic E-state index is 13.9. The molecule has 1 aliphatic heterocycles. The number of hydrogen-bond donors (Lipinski definition) is 9. The Morgan fingerprint density at radius 3 is 2.09 bits per heavy atom. The van der Waals surface area contributed by atoms with Crippen molar-refractivity contribution in [1.29, 1.82) is 0 Å². The predicted molar refractivity (Wildman–Crippen MR) is 204 cm³/mol. The van der Waals surface area contributed by atoms with E-state index in [0.717, 1.165) is 24.3 Å². The molecule has 11 N–H and O–H groups in total. The first kappa shape index (κ1) is 49.9. The molecule has 0 saturated heterocycles. The van der Waals surface area contributed by atoms with E-state index in [1.54, 1.807) is 26.8 Å². The van der Waals surface area contributed by atoms with Gasteiger partial charge < -0.3 is 62.4 Å². The second-order valence-corrected chi connectivity index (χ2v) is 14.6. The van der Waals surface area contributed by atoms with Crippen LogP contribution in [0.4, 0.5) is 4.79 Å². The van der Waals surface area contributed by atoms with Gasteiger partial charge in [-0.15, -0.1) is 0 Å². The fourth-order valence-corrected chi connectivity index (χ4v) is 6.22. The first-order chi connectivity index (χ1) is 26.6. The third-order valence-electron chi connectivity index (χ3n) is 9.64. The first-order valence-corrected chi connectivity index (χ1v) is 18.8. The van der Waals surface area contributed by atoms with Gasteiger partial charge in [-0.3, -0.25) is 28.8 Å². The number of hydrogen-bond acceptors (Lipinski definition) is 13. The minimum atomic E-state index is -1.95. The van der Waals surface area contributed by atoms with Crippen LogP contribution in [-0.4, -0.2) is 137 Å². The lowest BCUT2D eigenvalue weighted by Gasteiger charge is -2.36. The minimum absolute atomic E-state index is 0.102. The van der Waals surface area contributed by atoms with Crippen molar-refractivity contribution in [3.8, 4) is 0 Å². The number of primary amides is 2. The van der Waals surface area contributed by atoms with E-state index in [1.807, 2.05) is 13.8 Å². The lowest BCUT2D eigenvalue weighted by Crippen LogP contribution is -2.63. The molecule has 11 atom stereocenters. The van der Waals surface area contributed by atoms with E-state index in [-0.39, 0.29) is 12.3 Å². The molecule has 0 aromatic rings. The van der Waals surface area contributed by atoms with Crippen LogP contribution in [-0.2, 0) is 43.0 Å². The highest BCUT2D eigenvalue weighted by Gasteiger charge is 2.41. The summed E-state index contributed by atoms with van der Waals surface area (Å²) in [5.41, 5.74) is 10.6. The average Bonchev–Trinajstić information content (AvgIpc) is 3.13. The van der Waals surface area contributed by atoms with Crippen molar-refractivity contribution in [3.63, 3.8) is 0 Å². The summed E-state index contributed by atoms with van der Waals surface area (Å²) < 4.78 is 10.9. The molecule has 57 heavy (non-hydrogen) atoms. The molecule has 0 aromatic heterocycles. The van der Waals surface area contributed by atoms with Gasteiger partial charge in [-0.05, 0) is 31.6 Å². The maximum atomic E-state index is 13.9. The molecule has 1 unspecified atom stereocenters. The van der Waals surface area contributed by atoms with Crippen molar-refractivity contribution >= 4 is 47.5 Å².